The molecule has 0 fully saturated rings. The SMILES string of the molecule is CCCS(=O)(=O)Nc1c(F)ccc(C(=O)O)c1F. The van der Waals surface area contributed by atoms with Crippen LogP contribution in [0.5, 0.6) is 0 Å². The number of hydrogen-bond acceptors (Lipinski definition) is 3. The maximum absolute atomic E-state index is 13.6. The number of rotatable bonds is 5. The van der Waals surface area contributed by atoms with Crippen LogP contribution in [0, 0.1) is 11.6 Å². The third-order valence-electron chi connectivity index (χ3n) is 2.05. The zero-order valence-electron chi connectivity index (χ0n) is 9.41. The van der Waals surface area contributed by atoms with E-state index < -0.39 is 38.9 Å². The third-order valence-corrected chi connectivity index (χ3v) is 3.51. The molecule has 18 heavy (non-hydrogen) atoms. The highest BCUT2D eigenvalue weighted by molar-refractivity contribution is 7.92. The van der Waals surface area contributed by atoms with Crippen LogP contribution in [0.4, 0.5) is 14.5 Å². The number of aromatic carboxylic acids is 1. The lowest BCUT2D eigenvalue weighted by molar-refractivity contribution is 0.0692. The summed E-state index contributed by atoms with van der Waals surface area (Å²) in [6, 6.07) is 1.42. The number of carboxylic acids is 1. The largest absolute Gasteiger partial charge is 0.478 e. The van der Waals surface area contributed by atoms with Gasteiger partial charge in [0.05, 0.1) is 11.3 Å². The standard InChI is InChI=1S/C10H11F2NO4S/c1-2-5-18(16,17)13-9-7(11)4-3-6(8(9)12)10(14)15/h3-4,13H,2,5H2,1H3,(H,14,15). The van der Waals surface area contributed by atoms with Gasteiger partial charge in [0.2, 0.25) is 10.0 Å². The molecule has 0 unspecified atom stereocenters. The Bertz CT molecular complexity index is 571. The molecule has 0 spiro atoms. The molecule has 0 radical (unpaired) electrons. The predicted molar refractivity (Wildman–Crippen MR) is 61.0 cm³/mol. The van der Waals surface area contributed by atoms with Gasteiger partial charge >= 0.3 is 5.97 Å². The molecule has 2 N–H and O–H groups in total. The van der Waals surface area contributed by atoms with Gasteiger partial charge in [-0.2, -0.15) is 0 Å². The lowest BCUT2D eigenvalue weighted by Gasteiger charge is -2.10. The van der Waals surface area contributed by atoms with Crippen LogP contribution in [0.3, 0.4) is 0 Å². The summed E-state index contributed by atoms with van der Waals surface area (Å²) in [7, 11) is -3.90. The molecule has 0 saturated carbocycles. The fourth-order valence-corrected chi connectivity index (χ4v) is 2.42. The van der Waals surface area contributed by atoms with Gasteiger partial charge < -0.3 is 5.11 Å². The molecule has 0 aliphatic carbocycles. The van der Waals surface area contributed by atoms with E-state index in [2.05, 4.69) is 0 Å². The first-order valence-electron chi connectivity index (χ1n) is 5.00. The monoisotopic (exact) mass is 279 g/mol. The van der Waals surface area contributed by atoms with Gasteiger partial charge in [0.25, 0.3) is 0 Å². The lowest BCUT2D eigenvalue weighted by atomic mass is 10.2. The summed E-state index contributed by atoms with van der Waals surface area (Å²) in [5.41, 5.74) is -1.77. The molecular formula is C10H11F2NO4S. The maximum Gasteiger partial charge on any atom is 0.338 e. The van der Waals surface area contributed by atoms with E-state index in [4.69, 9.17) is 5.11 Å². The molecule has 1 aromatic carbocycles. The van der Waals surface area contributed by atoms with Crippen LogP contribution in [0.2, 0.25) is 0 Å². The summed E-state index contributed by atoms with van der Waals surface area (Å²) in [4.78, 5) is 10.6. The molecule has 0 amide bonds. The Morgan fingerprint density at radius 1 is 1.39 bits per heavy atom. The number of anilines is 1. The molecule has 0 atom stereocenters. The van der Waals surface area contributed by atoms with Crippen LogP contribution in [-0.4, -0.2) is 25.2 Å². The van der Waals surface area contributed by atoms with Gasteiger partial charge in [0.15, 0.2) is 5.82 Å². The van der Waals surface area contributed by atoms with E-state index in [1.807, 2.05) is 0 Å². The van der Waals surface area contributed by atoms with E-state index in [1.54, 1.807) is 11.6 Å². The number of carboxylic acid groups (broad SMARTS) is 1. The van der Waals surface area contributed by atoms with Crippen LogP contribution in [0.1, 0.15) is 23.7 Å². The Balaban J connectivity index is 3.24. The normalized spacial score (nSPS) is 11.3. The minimum atomic E-state index is -3.90. The molecule has 0 aliphatic rings. The van der Waals surface area contributed by atoms with Crippen LogP contribution in [0.15, 0.2) is 12.1 Å². The van der Waals surface area contributed by atoms with Crippen LogP contribution >= 0.6 is 0 Å². The van der Waals surface area contributed by atoms with Gasteiger partial charge in [-0.1, -0.05) is 6.92 Å². The second kappa shape index (κ2) is 5.30. The van der Waals surface area contributed by atoms with Gasteiger partial charge in [-0.25, -0.2) is 22.0 Å². The molecule has 0 saturated heterocycles. The number of halogens is 2. The Kier molecular flexibility index (Phi) is 4.23. The maximum atomic E-state index is 13.6. The molecule has 0 aliphatic heterocycles. The van der Waals surface area contributed by atoms with E-state index in [9.17, 15) is 22.0 Å². The minimum absolute atomic E-state index is 0.261. The Labute approximate surface area is 102 Å². The van der Waals surface area contributed by atoms with Gasteiger partial charge in [-0.15, -0.1) is 0 Å². The topological polar surface area (TPSA) is 83.5 Å². The van der Waals surface area contributed by atoms with E-state index in [-0.39, 0.29) is 12.2 Å². The Hall–Kier alpha value is -1.70. The van der Waals surface area contributed by atoms with E-state index >= 15 is 0 Å². The van der Waals surface area contributed by atoms with Crippen molar-refractivity contribution < 1.29 is 27.1 Å². The molecule has 0 bridgehead atoms. The zero-order chi connectivity index (χ0) is 13.9. The summed E-state index contributed by atoms with van der Waals surface area (Å²) in [5, 5.41) is 8.64. The first-order valence-corrected chi connectivity index (χ1v) is 6.65. The van der Waals surface area contributed by atoms with Gasteiger partial charge in [-0.05, 0) is 18.6 Å². The summed E-state index contributed by atoms with van der Waals surface area (Å²) in [6.45, 7) is 1.58. The van der Waals surface area contributed by atoms with Crippen molar-refractivity contribution in [1.82, 2.24) is 0 Å². The fraction of sp³-hybridized carbons (Fsp3) is 0.300. The molecule has 0 aromatic heterocycles. The summed E-state index contributed by atoms with van der Waals surface area (Å²) in [5.74, 6) is -4.54. The van der Waals surface area contributed by atoms with E-state index in [0.29, 0.717) is 6.07 Å². The molecule has 0 heterocycles. The average molecular weight is 279 g/mol. The first kappa shape index (κ1) is 14.4. The highest BCUT2D eigenvalue weighted by Gasteiger charge is 2.21. The van der Waals surface area contributed by atoms with Crippen molar-refractivity contribution in [3.8, 4) is 0 Å². The van der Waals surface area contributed by atoms with Crippen molar-refractivity contribution in [3.63, 3.8) is 0 Å². The second-order valence-electron chi connectivity index (χ2n) is 3.51. The van der Waals surface area contributed by atoms with E-state index in [0.717, 1.165) is 6.07 Å². The minimum Gasteiger partial charge on any atom is -0.478 e. The summed E-state index contributed by atoms with van der Waals surface area (Å²) in [6.07, 6.45) is 0.261. The zero-order valence-corrected chi connectivity index (χ0v) is 10.2. The van der Waals surface area contributed by atoms with Gasteiger partial charge in [0.1, 0.15) is 11.5 Å². The van der Waals surface area contributed by atoms with Crippen LogP contribution < -0.4 is 4.72 Å². The third kappa shape index (κ3) is 3.16. The van der Waals surface area contributed by atoms with Gasteiger partial charge in [0, 0.05) is 0 Å². The second-order valence-corrected chi connectivity index (χ2v) is 5.35. The fourth-order valence-electron chi connectivity index (χ4n) is 1.29. The predicted octanol–water partition coefficient (Wildman–Crippen LogP) is 1.81. The van der Waals surface area contributed by atoms with Crippen molar-refractivity contribution in [1.29, 1.82) is 0 Å². The number of hydrogen-bond donors (Lipinski definition) is 2. The number of benzene rings is 1. The van der Waals surface area contributed by atoms with Crippen LogP contribution in [-0.2, 0) is 10.0 Å². The number of sulfonamides is 1. The van der Waals surface area contributed by atoms with Crippen molar-refractivity contribution in [3.05, 3.63) is 29.3 Å². The molecule has 5 nitrogen and oxygen atoms in total. The van der Waals surface area contributed by atoms with Gasteiger partial charge in [-0.3, -0.25) is 4.72 Å². The molecule has 8 heteroatoms. The van der Waals surface area contributed by atoms with Crippen molar-refractivity contribution >= 4 is 21.7 Å². The molecule has 100 valence electrons. The van der Waals surface area contributed by atoms with Crippen molar-refractivity contribution in [2.75, 3.05) is 10.5 Å². The summed E-state index contributed by atoms with van der Waals surface area (Å²) >= 11 is 0. The van der Waals surface area contributed by atoms with E-state index in [1.165, 1.54) is 0 Å². The molecule has 1 aromatic rings. The Morgan fingerprint density at radius 3 is 2.50 bits per heavy atom. The number of nitrogens with one attached hydrogen (secondary N) is 1. The quantitative estimate of drug-likeness (QED) is 0.861. The highest BCUT2D eigenvalue weighted by atomic mass is 32.2. The lowest BCUT2D eigenvalue weighted by Crippen LogP contribution is -2.19. The smallest absolute Gasteiger partial charge is 0.338 e. The van der Waals surface area contributed by atoms with Crippen molar-refractivity contribution in [2.24, 2.45) is 0 Å². The number of carbonyl (C=O) groups is 1. The Morgan fingerprint density at radius 2 is 2.00 bits per heavy atom. The molecule has 1 rings (SSSR count). The highest BCUT2D eigenvalue weighted by Crippen LogP contribution is 2.23. The summed E-state index contributed by atoms with van der Waals surface area (Å²) < 4.78 is 51.4. The van der Waals surface area contributed by atoms with Crippen LogP contribution in [0.25, 0.3) is 0 Å². The average Bonchev–Trinajstić information content (AvgIpc) is 2.23. The first-order chi connectivity index (χ1) is 8.28. The molecular weight excluding hydrogens is 268 g/mol. The van der Waals surface area contributed by atoms with Crippen molar-refractivity contribution in [2.45, 2.75) is 13.3 Å².